The van der Waals surface area contributed by atoms with Gasteiger partial charge >= 0.3 is 0 Å². The van der Waals surface area contributed by atoms with Crippen molar-refractivity contribution in [2.75, 3.05) is 0 Å². The van der Waals surface area contributed by atoms with E-state index < -0.39 is 0 Å². The molecule has 0 radical (unpaired) electrons. The van der Waals surface area contributed by atoms with Gasteiger partial charge < -0.3 is 0 Å². The van der Waals surface area contributed by atoms with E-state index in [9.17, 15) is 0 Å². The number of fused-ring (bicyclic) bond motifs is 1. The van der Waals surface area contributed by atoms with E-state index in [0.29, 0.717) is 0 Å². The maximum atomic E-state index is 4.86. The summed E-state index contributed by atoms with van der Waals surface area (Å²) in [6.45, 7) is 0. The lowest BCUT2D eigenvalue weighted by Crippen LogP contribution is -1.92. The summed E-state index contributed by atoms with van der Waals surface area (Å²) in [6, 6.07) is 26.7. The smallest absolute Gasteiger partial charge is 0.0894 e. The Bertz CT molecular complexity index is 838. The van der Waals surface area contributed by atoms with E-state index in [4.69, 9.17) is 4.98 Å². The Labute approximate surface area is 129 Å². The molecular formula is C20H14N2. The van der Waals surface area contributed by atoms with Gasteiger partial charge in [-0.15, -0.1) is 0 Å². The molecule has 2 aromatic heterocycles. The largest absolute Gasteiger partial charge is 0.255 e. The molecule has 0 aliphatic rings. The summed E-state index contributed by atoms with van der Waals surface area (Å²) in [6.07, 6.45) is 1.81. The predicted molar refractivity (Wildman–Crippen MR) is 90.4 cm³/mol. The Balaban J connectivity index is 2.04. The van der Waals surface area contributed by atoms with E-state index >= 15 is 0 Å². The molecule has 0 unspecified atom stereocenters. The van der Waals surface area contributed by atoms with Crippen LogP contribution in [0.1, 0.15) is 0 Å². The lowest BCUT2D eigenvalue weighted by Gasteiger charge is -2.11. The van der Waals surface area contributed by atoms with Gasteiger partial charge in [0, 0.05) is 17.3 Å². The molecule has 0 spiro atoms. The summed E-state index contributed by atoms with van der Waals surface area (Å²) >= 11 is 0. The van der Waals surface area contributed by atoms with Crippen LogP contribution in [0.5, 0.6) is 0 Å². The Kier molecular flexibility index (Phi) is 3.13. The van der Waals surface area contributed by atoms with Crippen LogP contribution in [-0.2, 0) is 0 Å². The van der Waals surface area contributed by atoms with Gasteiger partial charge in [0.15, 0.2) is 0 Å². The van der Waals surface area contributed by atoms with Crippen molar-refractivity contribution in [3.63, 3.8) is 0 Å². The van der Waals surface area contributed by atoms with Crippen molar-refractivity contribution in [1.29, 1.82) is 0 Å². The van der Waals surface area contributed by atoms with Gasteiger partial charge in [0.25, 0.3) is 0 Å². The number of aromatic nitrogens is 2. The van der Waals surface area contributed by atoms with Gasteiger partial charge in [-0.2, -0.15) is 0 Å². The van der Waals surface area contributed by atoms with Crippen LogP contribution in [0.25, 0.3) is 33.4 Å². The summed E-state index contributed by atoms with van der Waals surface area (Å²) in [7, 11) is 0. The third kappa shape index (κ3) is 2.25. The summed E-state index contributed by atoms with van der Waals surface area (Å²) in [4.78, 5) is 9.30. The van der Waals surface area contributed by atoms with Crippen LogP contribution in [-0.4, -0.2) is 9.97 Å². The van der Waals surface area contributed by atoms with Crippen molar-refractivity contribution in [1.82, 2.24) is 9.97 Å². The zero-order valence-electron chi connectivity index (χ0n) is 12.0. The van der Waals surface area contributed by atoms with Crippen molar-refractivity contribution in [2.45, 2.75) is 0 Å². The first-order chi connectivity index (χ1) is 10.9. The molecule has 104 valence electrons. The maximum absolute atomic E-state index is 4.86. The topological polar surface area (TPSA) is 25.8 Å². The van der Waals surface area contributed by atoms with Crippen LogP contribution in [0.4, 0.5) is 0 Å². The van der Waals surface area contributed by atoms with Gasteiger partial charge in [-0.3, -0.25) is 4.98 Å². The zero-order chi connectivity index (χ0) is 14.8. The molecule has 2 aromatic carbocycles. The van der Waals surface area contributed by atoms with Crippen LogP contribution in [0.15, 0.2) is 85.1 Å². The molecule has 2 heterocycles. The highest BCUT2D eigenvalue weighted by Gasteiger charge is 2.11. The summed E-state index contributed by atoms with van der Waals surface area (Å²) in [5.41, 5.74) is 6.21. The number of hydrogen-bond donors (Lipinski definition) is 0. The molecule has 4 aromatic rings. The normalized spacial score (nSPS) is 10.7. The van der Waals surface area contributed by atoms with Gasteiger partial charge in [-0.05, 0) is 23.8 Å². The van der Waals surface area contributed by atoms with Gasteiger partial charge in [0.1, 0.15) is 0 Å². The molecule has 22 heavy (non-hydrogen) atoms. The second kappa shape index (κ2) is 5.41. The van der Waals surface area contributed by atoms with Crippen LogP contribution >= 0.6 is 0 Å². The van der Waals surface area contributed by atoms with Crippen molar-refractivity contribution >= 4 is 11.0 Å². The average molecular weight is 282 g/mol. The van der Waals surface area contributed by atoms with Crippen molar-refractivity contribution in [3.05, 3.63) is 85.1 Å². The number of nitrogens with zero attached hydrogens (tertiary/aromatic N) is 2. The molecular weight excluding hydrogens is 268 g/mol. The maximum Gasteiger partial charge on any atom is 0.0894 e. The fourth-order valence-electron chi connectivity index (χ4n) is 2.65. The minimum atomic E-state index is 0.918. The van der Waals surface area contributed by atoms with Crippen molar-refractivity contribution in [2.24, 2.45) is 0 Å². The Morgan fingerprint density at radius 3 is 2.00 bits per heavy atom. The first-order valence-corrected chi connectivity index (χ1v) is 7.28. The molecule has 0 saturated carbocycles. The second-order valence-corrected chi connectivity index (χ2v) is 5.16. The van der Waals surface area contributed by atoms with Crippen LogP contribution < -0.4 is 0 Å². The molecule has 0 fully saturated rings. The highest BCUT2D eigenvalue weighted by molar-refractivity contribution is 5.89. The van der Waals surface area contributed by atoms with Crippen LogP contribution in [0.2, 0.25) is 0 Å². The van der Waals surface area contributed by atoms with Gasteiger partial charge in [-0.1, -0.05) is 60.7 Å². The quantitative estimate of drug-likeness (QED) is 0.519. The minimum Gasteiger partial charge on any atom is -0.255 e. The molecule has 0 amide bonds. The first kappa shape index (κ1) is 12.7. The molecule has 0 aliphatic heterocycles. The number of hydrogen-bond acceptors (Lipinski definition) is 2. The number of rotatable bonds is 2. The molecule has 0 aliphatic carbocycles. The van der Waals surface area contributed by atoms with E-state index in [1.807, 2.05) is 48.5 Å². The minimum absolute atomic E-state index is 0.918. The Hall–Kier alpha value is -3.00. The van der Waals surface area contributed by atoms with Gasteiger partial charge in [-0.25, -0.2) is 4.98 Å². The first-order valence-electron chi connectivity index (χ1n) is 7.28. The Morgan fingerprint density at radius 2 is 1.27 bits per heavy atom. The molecule has 0 bridgehead atoms. The molecule has 0 saturated heterocycles. The lowest BCUT2D eigenvalue weighted by atomic mass is 9.98. The lowest BCUT2D eigenvalue weighted by molar-refractivity contribution is 1.33. The van der Waals surface area contributed by atoms with Gasteiger partial charge in [0.2, 0.25) is 0 Å². The Morgan fingerprint density at radius 1 is 0.591 bits per heavy atom. The number of benzene rings is 2. The summed E-state index contributed by atoms with van der Waals surface area (Å²) in [5.74, 6) is 0. The molecule has 0 N–H and O–H groups in total. The number of pyridine rings is 2. The van der Waals surface area contributed by atoms with E-state index in [1.54, 1.807) is 6.20 Å². The SMILES string of the molecule is c1ccc(-c2cc3ncccc3nc2-c2ccccc2)cc1. The van der Waals surface area contributed by atoms with Crippen LogP contribution in [0.3, 0.4) is 0 Å². The van der Waals surface area contributed by atoms with E-state index in [-0.39, 0.29) is 0 Å². The standard InChI is InChI=1S/C20H14N2/c1-3-8-15(9-4-1)17-14-19-18(12-7-13-21-19)22-20(17)16-10-5-2-6-11-16/h1-14H. The predicted octanol–water partition coefficient (Wildman–Crippen LogP) is 4.96. The molecule has 4 rings (SSSR count). The zero-order valence-corrected chi connectivity index (χ0v) is 12.0. The monoisotopic (exact) mass is 282 g/mol. The molecule has 2 nitrogen and oxygen atoms in total. The van der Waals surface area contributed by atoms with E-state index in [2.05, 4.69) is 35.3 Å². The van der Waals surface area contributed by atoms with Crippen molar-refractivity contribution < 1.29 is 0 Å². The van der Waals surface area contributed by atoms with E-state index in [1.165, 1.54) is 0 Å². The average Bonchev–Trinajstić information content (AvgIpc) is 2.62. The van der Waals surface area contributed by atoms with Crippen LogP contribution in [0, 0.1) is 0 Å². The highest BCUT2D eigenvalue weighted by atomic mass is 14.8. The van der Waals surface area contributed by atoms with E-state index in [0.717, 1.165) is 33.4 Å². The third-order valence-electron chi connectivity index (χ3n) is 3.72. The van der Waals surface area contributed by atoms with Crippen molar-refractivity contribution in [3.8, 4) is 22.4 Å². The fraction of sp³-hybridized carbons (Fsp3) is 0. The second-order valence-electron chi connectivity index (χ2n) is 5.16. The molecule has 0 atom stereocenters. The molecule has 2 heteroatoms. The summed E-state index contributed by atoms with van der Waals surface area (Å²) < 4.78 is 0. The summed E-state index contributed by atoms with van der Waals surface area (Å²) in [5, 5.41) is 0. The highest BCUT2D eigenvalue weighted by Crippen LogP contribution is 2.32. The third-order valence-corrected chi connectivity index (χ3v) is 3.72. The fourth-order valence-corrected chi connectivity index (χ4v) is 2.65. The van der Waals surface area contributed by atoms with Gasteiger partial charge in [0.05, 0.1) is 16.7 Å².